The molecule has 0 aliphatic heterocycles. The summed E-state index contributed by atoms with van der Waals surface area (Å²) in [5.74, 6) is -0.267. The number of carbonyl (C=O) groups excluding carboxylic acids is 1. The Hall–Kier alpha value is -0.0700. The van der Waals surface area contributed by atoms with Crippen molar-refractivity contribution >= 4 is 51.8 Å². The lowest BCUT2D eigenvalue weighted by Crippen LogP contribution is -2.04. The topological polar surface area (TPSA) is 39.2 Å². The van der Waals surface area contributed by atoms with Crippen LogP contribution in [0.15, 0.2) is 6.07 Å². The zero-order chi connectivity index (χ0) is 11.4. The second-order valence-corrected chi connectivity index (χ2v) is 4.68. The second kappa shape index (κ2) is 5.86. The van der Waals surface area contributed by atoms with Gasteiger partial charge in [0.25, 0.3) is 0 Å². The monoisotopic (exact) mass is 359 g/mol. The smallest absolute Gasteiger partial charge is 0.305 e. The van der Waals surface area contributed by atoms with E-state index in [1.165, 1.54) is 7.11 Å². The number of pyridine rings is 1. The molecule has 1 aromatic rings. The van der Waals surface area contributed by atoms with Gasteiger partial charge < -0.3 is 4.74 Å². The maximum atomic E-state index is 11.0. The summed E-state index contributed by atoms with van der Waals surface area (Å²) in [6.45, 7) is 0. The molecule has 0 bridgehead atoms. The molecule has 1 heterocycles. The molecule has 0 aliphatic rings. The first-order valence-electron chi connectivity index (χ1n) is 4.12. The normalized spacial score (nSPS) is 10.1. The molecule has 6 heteroatoms. The van der Waals surface area contributed by atoms with E-state index in [0.717, 1.165) is 9.13 Å². The van der Waals surface area contributed by atoms with Gasteiger partial charge in [-0.1, -0.05) is 23.2 Å². The quantitative estimate of drug-likeness (QED) is 0.473. The van der Waals surface area contributed by atoms with E-state index in [-0.39, 0.29) is 12.4 Å². The number of nitrogens with zero attached hydrogens (tertiary/aromatic N) is 1. The molecular weight excluding hydrogens is 352 g/mol. The summed E-state index contributed by atoms with van der Waals surface area (Å²) in [5.41, 5.74) is 0.826. The van der Waals surface area contributed by atoms with Gasteiger partial charge in [0, 0.05) is 15.6 Å². The molecule has 0 fully saturated rings. The number of hydrogen-bond acceptors (Lipinski definition) is 3. The summed E-state index contributed by atoms with van der Waals surface area (Å²) in [4.78, 5) is 14.9. The van der Waals surface area contributed by atoms with Crippen LogP contribution in [0.3, 0.4) is 0 Å². The lowest BCUT2D eigenvalue weighted by Gasteiger charge is -2.06. The van der Waals surface area contributed by atoms with Gasteiger partial charge in [-0.05, 0) is 35.1 Å². The molecule has 0 saturated carbocycles. The van der Waals surface area contributed by atoms with E-state index in [1.54, 1.807) is 6.07 Å². The zero-order valence-corrected chi connectivity index (χ0v) is 11.6. The molecule has 0 aromatic carbocycles. The Balaban J connectivity index is 2.81. The van der Waals surface area contributed by atoms with E-state index < -0.39 is 0 Å². The van der Waals surface area contributed by atoms with E-state index in [1.807, 2.05) is 0 Å². The van der Waals surface area contributed by atoms with Crippen LogP contribution in [0.2, 0.25) is 10.3 Å². The van der Waals surface area contributed by atoms with Gasteiger partial charge in [-0.3, -0.25) is 4.79 Å². The molecule has 0 radical (unpaired) electrons. The van der Waals surface area contributed by atoms with Gasteiger partial charge >= 0.3 is 5.97 Å². The standard InChI is InChI=1S/C9H8Cl2INO2/c1-15-8(14)3-2-5-6(12)4-7(10)13-9(5)11/h4H,2-3H2,1H3. The number of halogens is 3. The van der Waals surface area contributed by atoms with Gasteiger partial charge in [-0.15, -0.1) is 0 Å². The maximum Gasteiger partial charge on any atom is 0.305 e. The predicted molar refractivity (Wildman–Crippen MR) is 67.3 cm³/mol. The van der Waals surface area contributed by atoms with Crippen molar-refractivity contribution in [3.63, 3.8) is 0 Å². The van der Waals surface area contributed by atoms with Crippen LogP contribution in [0.25, 0.3) is 0 Å². The highest BCUT2D eigenvalue weighted by molar-refractivity contribution is 14.1. The summed E-state index contributed by atoms with van der Waals surface area (Å²) in [6.07, 6.45) is 0.795. The number of esters is 1. The number of aromatic nitrogens is 1. The minimum absolute atomic E-state index is 0.267. The largest absolute Gasteiger partial charge is 0.469 e. The molecule has 15 heavy (non-hydrogen) atoms. The van der Waals surface area contributed by atoms with Gasteiger partial charge in [0.1, 0.15) is 10.3 Å². The van der Waals surface area contributed by atoms with Crippen LogP contribution in [0, 0.1) is 3.57 Å². The van der Waals surface area contributed by atoms with Gasteiger partial charge in [0.2, 0.25) is 0 Å². The van der Waals surface area contributed by atoms with Crippen molar-refractivity contribution in [2.75, 3.05) is 7.11 Å². The van der Waals surface area contributed by atoms with Crippen molar-refractivity contribution in [1.29, 1.82) is 0 Å². The first-order valence-corrected chi connectivity index (χ1v) is 5.95. The van der Waals surface area contributed by atoms with Crippen LogP contribution in [-0.2, 0) is 16.0 Å². The lowest BCUT2D eigenvalue weighted by atomic mass is 10.1. The van der Waals surface area contributed by atoms with E-state index in [2.05, 4.69) is 32.3 Å². The van der Waals surface area contributed by atoms with Crippen LogP contribution >= 0.6 is 45.8 Å². The molecule has 0 aliphatic carbocycles. The Morgan fingerprint density at radius 2 is 2.27 bits per heavy atom. The molecule has 0 unspecified atom stereocenters. The van der Waals surface area contributed by atoms with Crippen LogP contribution in [0.5, 0.6) is 0 Å². The third kappa shape index (κ3) is 3.77. The Labute approximate surface area is 111 Å². The Bertz CT molecular complexity index is 361. The highest BCUT2D eigenvalue weighted by Crippen LogP contribution is 2.24. The fraction of sp³-hybridized carbons (Fsp3) is 0.333. The third-order valence-corrected chi connectivity index (χ3v) is 3.26. The number of carbonyl (C=O) groups is 1. The van der Waals surface area contributed by atoms with Crippen LogP contribution in [0.1, 0.15) is 12.0 Å². The van der Waals surface area contributed by atoms with Crippen LogP contribution in [-0.4, -0.2) is 18.1 Å². The number of methoxy groups -OCH3 is 1. The Morgan fingerprint density at radius 1 is 1.60 bits per heavy atom. The van der Waals surface area contributed by atoms with Crippen molar-refractivity contribution in [3.8, 4) is 0 Å². The van der Waals surface area contributed by atoms with E-state index in [0.29, 0.717) is 16.7 Å². The van der Waals surface area contributed by atoms with Crippen molar-refractivity contribution in [2.45, 2.75) is 12.8 Å². The second-order valence-electron chi connectivity index (χ2n) is 2.77. The number of rotatable bonds is 3. The average Bonchev–Trinajstić information content (AvgIpc) is 2.15. The van der Waals surface area contributed by atoms with E-state index in [9.17, 15) is 4.79 Å². The van der Waals surface area contributed by atoms with Crippen LogP contribution in [0.4, 0.5) is 0 Å². The summed E-state index contributed by atoms with van der Waals surface area (Å²) < 4.78 is 5.45. The minimum Gasteiger partial charge on any atom is -0.469 e. The molecule has 0 atom stereocenters. The van der Waals surface area contributed by atoms with E-state index >= 15 is 0 Å². The minimum atomic E-state index is -0.267. The van der Waals surface area contributed by atoms with Crippen molar-refractivity contribution in [2.24, 2.45) is 0 Å². The van der Waals surface area contributed by atoms with Gasteiger partial charge in [0.15, 0.2) is 0 Å². The van der Waals surface area contributed by atoms with Crippen molar-refractivity contribution in [1.82, 2.24) is 4.98 Å². The number of ether oxygens (including phenoxy) is 1. The fourth-order valence-corrected chi connectivity index (χ4v) is 2.72. The SMILES string of the molecule is COC(=O)CCc1c(I)cc(Cl)nc1Cl. The molecule has 1 rings (SSSR count). The zero-order valence-electron chi connectivity index (χ0n) is 7.89. The van der Waals surface area contributed by atoms with Crippen molar-refractivity contribution in [3.05, 3.63) is 25.5 Å². The molecule has 82 valence electrons. The maximum absolute atomic E-state index is 11.0. The first-order chi connectivity index (χ1) is 7.04. The Morgan fingerprint density at radius 3 is 2.80 bits per heavy atom. The van der Waals surface area contributed by atoms with Crippen molar-refractivity contribution < 1.29 is 9.53 Å². The lowest BCUT2D eigenvalue weighted by molar-refractivity contribution is -0.140. The molecule has 3 nitrogen and oxygen atoms in total. The molecule has 0 spiro atoms. The summed E-state index contributed by atoms with van der Waals surface area (Å²) in [7, 11) is 1.36. The molecule has 0 saturated heterocycles. The van der Waals surface area contributed by atoms with Gasteiger partial charge in [-0.25, -0.2) is 4.98 Å². The summed E-state index contributed by atoms with van der Waals surface area (Å²) in [5, 5.41) is 0.696. The average molecular weight is 360 g/mol. The van der Waals surface area contributed by atoms with Gasteiger partial charge in [-0.2, -0.15) is 0 Å². The number of hydrogen-bond donors (Lipinski definition) is 0. The highest BCUT2D eigenvalue weighted by atomic mass is 127. The molecule has 0 N–H and O–H groups in total. The molecular formula is C9H8Cl2INO2. The predicted octanol–water partition coefficient (Wildman–Crippen LogP) is 3.10. The fourth-order valence-electron chi connectivity index (χ4n) is 1.04. The van der Waals surface area contributed by atoms with E-state index in [4.69, 9.17) is 23.2 Å². The highest BCUT2D eigenvalue weighted by Gasteiger charge is 2.10. The first kappa shape index (κ1) is 13.0. The molecule has 0 amide bonds. The summed E-state index contributed by atoms with van der Waals surface area (Å²) >= 11 is 13.7. The van der Waals surface area contributed by atoms with Gasteiger partial charge in [0.05, 0.1) is 7.11 Å². The molecule has 1 aromatic heterocycles. The Kier molecular flexibility index (Phi) is 5.08. The summed E-state index contributed by atoms with van der Waals surface area (Å²) in [6, 6.07) is 1.71. The van der Waals surface area contributed by atoms with Crippen LogP contribution < -0.4 is 0 Å². The third-order valence-electron chi connectivity index (χ3n) is 1.79.